The quantitative estimate of drug-likeness (QED) is 0.706. The summed E-state index contributed by atoms with van der Waals surface area (Å²) in [5.74, 6) is -0.0663. The van der Waals surface area contributed by atoms with Gasteiger partial charge >= 0.3 is 0 Å². The number of thiophene rings is 1. The third-order valence-electron chi connectivity index (χ3n) is 3.76. The largest absolute Gasteiger partial charge is 0.351 e. The second-order valence-corrected chi connectivity index (χ2v) is 9.84. The van der Waals surface area contributed by atoms with Crippen molar-refractivity contribution in [1.82, 2.24) is 14.5 Å². The van der Waals surface area contributed by atoms with Gasteiger partial charge in [0.2, 0.25) is 5.91 Å². The van der Waals surface area contributed by atoms with Gasteiger partial charge in [-0.15, -0.1) is 17.9 Å². The zero-order valence-corrected chi connectivity index (χ0v) is 16.1. The van der Waals surface area contributed by atoms with E-state index in [1.54, 1.807) is 18.2 Å². The van der Waals surface area contributed by atoms with Crippen molar-refractivity contribution in [2.24, 2.45) is 0 Å². The molecule has 1 unspecified atom stereocenters. The number of piperazine rings is 1. The molecule has 1 fully saturated rings. The zero-order valence-electron chi connectivity index (χ0n) is 12.9. The molecular formula is C14H20BrN3O3S2. The monoisotopic (exact) mass is 421 g/mol. The van der Waals surface area contributed by atoms with E-state index in [0.29, 0.717) is 36.9 Å². The summed E-state index contributed by atoms with van der Waals surface area (Å²) in [4.78, 5) is 14.0. The second kappa shape index (κ2) is 7.89. The summed E-state index contributed by atoms with van der Waals surface area (Å²) in [6, 6.07) is 3.07. The molecule has 0 aromatic carbocycles. The Balaban J connectivity index is 1.95. The molecule has 0 aliphatic carbocycles. The van der Waals surface area contributed by atoms with Crippen molar-refractivity contribution < 1.29 is 13.2 Å². The van der Waals surface area contributed by atoms with Crippen LogP contribution in [-0.4, -0.2) is 62.3 Å². The first-order valence-electron chi connectivity index (χ1n) is 7.24. The molecule has 1 aromatic rings. The third kappa shape index (κ3) is 4.42. The number of rotatable bonds is 6. The van der Waals surface area contributed by atoms with Crippen LogP contribution in [0.3, 0.4) is 0 Å². The lowest BCUT2D eigenvalue weighted by molar-refractivity contribution is -0.126. The van der Waals surface area contributed by atoms with Gasteiger partial charge in [-0.1, -0.05) is 6.08 Å². The lowest BCUT2D eigenvalue weighted by Crippen LogP contribution is -2.54. The van der Waals surface area contributed by atoms with Crippen LogP contribution in [0.2, 0.25) is 0 Å². The van der Waals surface area contributed by atoms with Crippen molar-refractivity contribution in [2.45, 2.75) is 17.2 Å². The second-order valence-electron chi connectivity index (χ2n) is 5.21. The fourth-order valence-corrected chi connectivity index (χ4v) is 5.97. The molecule has 0 radical (unpaired) electrons. The number of nitrogens with zero attached hydrogens (tertiary/aromatic N) is 2. The predicted octanol–water partition coefficient (Wildman–Crippen LogP) is 1.51. The molecule has 1 aliphatic rings. The molecule has 1 N–H and O–H groups in total. The first kappa shape index (κ1) is 18.6. The highest BCUT2D eigenvalue weighted by Gasteiger charge is 2.32. The van der Waals surface area contributed by atoms with Gasteiger partial charge in [-0.2, -0.15) is 4.31 Å². The average molecular weight is 422 g/mol. The van der Waals surface area contributed by atoms with Gasteiger partial charge in [-0.3, -0.25) is 9.69 Å². The van der Waals surface area contributed by atoms with Gasteiger partial charge in [0.1, 0.15) is 4.21 Å². The number of amides is 1. The molecule has 6 nitrogen and oxygen atoms in total. The molecule has 23 heavy (non-hydrogen) atoms. The van der Waals surface area contributed by atoms with E-state index in [4.69, 9.17) is 0 Å². The van der Waals surface area contributed by atoms with Crippen molar-refractivity contribution in [3.8, 4) is 0 Å². The molecule has 9 heteroatoms. The number of hydrogen-bond donors (Lipinski definition) is 1. The van der Waals surface area contributed by atoms with Crippen molar-refractivity contribution in [2.75, 3.05) is 32.7 Å². The molecular weight excluding hydrogens is 402 g/mol. The van der Waals surface area contributed by atoms with E-state index in [1.807, 2.05) is 11.8 Å². The van der Waals surface area contributed by atoms with Crippen molar-refractivity contribution in [3.63, 3.8) is 0 Å². The maximum Gasteiger partial charge on any atom is 0.252 e. The van der Waals surface area contributed by atoms with Crippen LogP contribution in [0.4, 0.5) is 0 Å². The summed E-state index contributed by atoms with van der Waals surface area (Å²) >= 11 is 4.50. The van der Waals surface area contributed by atoms with Crippen LogP contribution in [0.25, 0.3) is 0 Å². The van der Waals surface area contributed by atoms with Gasteiger partial charge in [-0.25, -0.2) is 8.42 Å². The van der Waals surface area contributed by atoms with Gasteiger partial charge in [0.15, 0.2) is 0 Å². The van der Waals surface area contributed by atoms with E-state index in [9.17, 15) is 13.2 Å². The predicted molar refractivity (Wildman–Crippen MR) is 95.0 cm³/mol. The normalized spacial score (nSPS) is 18.5. The molecule has 1 saturated heterocycles. The van der Waals surface area contributed by atoms with Gasteiger partial charge in [-0.05, 0) is 35.0 Å². The number of carbonyl (C=O) groups is 1. The Hall–Kier alpha value is -0.740. The van der Waals surface area contributed by atoms with Crippen molar-refractivity contribution >= 4 is 43.2 Å². The topological polar surface area (TPSA) is 69.7 Å². The molecule has 1 aromatic heterocycles. The minimum atomic E-state index is -3.44. The molecule has 2 heterocycles. The lowest BCUT2D eigenvalue weighted by atomic mass is 10.2. The third-order valence-corrected chi connectivity index (χ3v) is 7.75. The fourth-order valence-electron chi connectivity index (χ4n) is 2.38. The zero-order chi connectivity index (χ0) is 17.0. The average Bonchev–Trinajstić information content (AvgIpc) is 2.99. The van der Waals surface area contributed by atoms with Crippen molar-refractivity contribution in [1.29, 1.82) is 0 Å². The summed E-state index contributed by atoms with van der Waals surface area (Å²) in [5.41, 5.74) is 0. The highest BCUT2D eigenvalue weighted by Crippen LogP contribution is 2.29. The molecule has 128 valence electrons. The van der Waals surface area contributed by atoms with Crippen LogP contribution in [0.1, 0.15) is 6.92 Å². The summed E-state index contributed by atoms with van der Waals surface area (Å²) in [7, 11) is -3.44. The molecule has 2 rings (SSSR count). The van der Waals surface area contributed by atoms with Crippen LogP contribution in [0.15, 0.2) is 32.8 Å². The molecule has 1 aliphatic heterocycles. The number of hydrogen-bond acceptors (Lipinski definition) is 5. The van der Waals surface area contributed by atoms with Crippen LogP contribution in [-0.2, 0) is 14.8 Å². The Morgan fingerprint density at radius 3 is 2.61 bits per heavy atom. The highest BCUT2D eigenvalue weighted by molar-refractivity contribution is 9.11. The number of sulfonamides is 1. The van der Waals surface area contributed by atoms with Crippen molar-refractivity contribution in [3.05, 3.63) is 28.6 Å². The van der Waals surface area contributed by atoms with Crippen LogP contribution in [0.5, 0.6) is 0 Å². The van der Waals surface area contributed by atoms with E-state index in [-0.39, 0.29) is 11.9 Å². The number of carbonyl (C=O) groups excluding carboxylic acids is 1. The van der Waals surface area contributed by atoms with E-state index in [2.05, 4.69) is 27.8 Å². The number of halogens is 1. The Kier molecular flexibility index (Phi) is 6.38. The van der Waals surface area contributed by atoms with Crippen LogP contribution >= 0.6 is 27.3 Å². The fraction of sp³-hybridized carbons (Fsp3) is 0.500. The van der Waals surface area contributed by atoms with Crippen LogP contribution < -0.4 is 5.32 Å². The van der Waals surface area contributed by atoms with E-state index in [0.717, 1.165) is 3.79 Å². The molecule has 0 saturated carbocycles. The standard InChI is InChI=1S/C14H20BrN3O3S2/c1-3-6-16-14(19)11(2)17-7-9-18(10-8-17)23(20,21)13-5-4-12(15)22-13/h3-5,11H,1,6-10H2,2H3,(H,16,19). The molecule has 0 bridgehead atoms. The Bertz CT molecular complexity index is 667. The number of nitrogens with one attached hydrogen (secondary N) is 1. The Morgan fingerprint density at radius 2 is 2.09 bits per heavy atom. The SMILES string of the molecule is C=CCNC(=O)C(C)N1CCN(S(=O)(=O)c2ccc(Br)s2)CC1. The summed E-state index contributed by atoms with van der Waals surface area (Å²) in [6.45, 7) is 7.68. The molecule has 1 amide bonds. The van der Waals surface area contributed by atoms with E-state index in [1.165, 1.54) is 15.6 Å². The summed E-state index contributed by atoms with van der Waals surface area (Å²) in [5, 5.41) is 2.77. The summed E-state index contributed by atoms with van der Waals surface area (Å²) < 4.78 is 27.7. The minimum Gasteiger partial charge on any atom is -0.351 e. The van der Waals surface area contributed by atoms with E-state index < -0.39 is 10.0 Å². The van der Waals surface area contributed by atoms with Gasteiger partial charge in [0.05, 0.1) is 9.83 Å². The van der Waals surface area contributed by atoms with E-state index >= 15 is 0 Å². The summed E-state index contributed by atoms with van der Waals surface area (Å²) in [6.07, 6.45) is 1.63. The smallest absolute Gasteiger partial charge is 0.252 e. The first-order chi connectivity index (χ1) is 10.9. The lowest BCUT2D eigenvalue weighted by Gasteiger charge is -2.36. The molecule has 0 spiro atoms. The molecule has 1 atom stereocenters. The van der Waals surface area contributed by atoms with Gasteiger partial charge in [0, 0.05) is 32.7 Å². The minimum absolute atomic E-state index is 0.0663. The van der Waals surface area contributed by atoms with Crippen LogP contribution in [0, 0.1) is 0 Å². The highest BCUT2D eigenvalue weighted by atomic mass is 79.9. The van der Waals surface area contributed by atoms with Gasteiger partial charge in [0.25, 0.3) is 10.0 Å². The Morgan fingerprint density at radius 1 is 1.43 bits per heavy atom. The first-order valence-corrected chi connectivity index (χ1v) is 10.3. The maximum atomic E-state index is 12.6. The maximum absolute atomic E-state index is 12.6. The van der Waals surface area contributed by atoms with Gasteiger partial charge < -0.3 is 5.32 Å². The Labute approximate surface area is 149 Å².